The SMILES string of the molecule is CC(=O)N1CCN(C(=O)c2ccc3c(c2)C(=O)N(C2CCCCCCC2)C3=O)CC1. The first-order chi connectivity index (χ1) is 14.5. The molecule has 7 heteroatoms. The van der Waals surface area contributed by atoms with E-state index in [4.69, 9.17) is 0 Å². The molecule has 2 fully saturated rings. The van der Waals surface area contributed by atoms with Gasteiger partial charge in [-0.2, -0.15) is 0 Å². The Hall–Kier alpha value is -2.70. The maximum atomic E-state index is 13.1. The van der Waals surface area contributed by atoms with Crippen molar-refractivity contribution in [2.45, 2.75) is 57.9 Å². The van der Waals surface area contributed by atoms with Crippen LogP contribution in [0.5, 0.6) is 0 Å². The fourth-order valence-corrected chi connectivity index (χ4v) is 4.82. The highest BCUT2D eigenvalue weighted by atomic mass is 16.2. The second-order valence-electron chi connectivity index (χ2n) is 8.54. The number of amides is 4. The number of carbonyl (C=O) groups excluding carboxylic acids is 4. The van der Waals surface area contributed by atoms with Crippen molar-refractivity contribution in [3.8, 4) is 0 Å². The van der Waals surface area contributed by atoms with Gasteiger partial charge in [-0.15, -0.1) is 0 Å². The van der Waals surface area contributed by atoms with Gasteiger partial charge in [-0.25, -0.2) is 0 Å². The van der Waals surface area contributed by atoms with Crippen molar-refractivity contribution in [1.82, 2.24) is 14.7 Å². The molecular formula is C23H29N3O4. The van der Waals surface area contributed by atoms with Crippen LogP contribution in [0.4, 0.5) is 0 Å². The Morgan fingerprint density at radius 1 is 0.800 bits per heavy atom. The van der Waals surface area contributed by atoms with Crippen molar-refractivity contribution in [1.29, 1.82) is 0 Å². The minimum absolute atomic E-state index is 0.0121. The van der Waals surface area contributed by atoms with Gasteiger partial charge in [0.25, 0.3) is 17.7 Å². The highest BCUT2D eigenvalue weighted by Crippen LogP contribution is 2.31. The van der Waals surface area contributed by atoms with E-state index in [9.17, 15) is 19.2 Å². The number of imide groups is 1. The first-order valence-corrected chi connectivity index (χ1v) is 11.0. The number of nitrogens with zero attached hydrogens (tertiary/aromatic N) is 3. The zero-order valence-electron chi connectivity index (χ0n) is 17.6. The van der Waals surface area contributed by atoms with Crippen LogP contribution < -0.4 is 0 Å². The minimum atomic E-state index is -0.267. The van der Waals surface area contributed by atoms with Gasteiger partial charge in [0.15, 0.2) is 0 Å². The Morgan fingerprint density at radius 3 is 2.00 bits per heavy atom. The number of rotatable bonds is 2. The molecule has 0 atom stereocenters. The van der Waals surface area contributed by atoms with Gasteiger partial charge in [0.1, 0.15) is 0 Å². The number of hydrogen-bond acceptors (Lipinski definition) is 4. The molecule has 1 saturated heterocycles. The maximum Gasteiger partial charge on any atom is 0.261 e. The predicted molar refractivity (Wildman–Crippen MR) is 111 cm³/mol. The Bertz CT molecular complexity index is 865. The topological polar surface area (TPSA) is 78.0 Å². The molecule has 2 heterocycles. The zero-order chi connectivity index (χ0) is 21.3. The van der Waals surface area contributed by atoms with Crippen LogP contribution in [-0.2, 0) is 4.79 Å². The summed E-state index contributed by atoms with van der Waals surface area (Å²) >= 11 is 0. The average Bonchev–Trinajstić information content (AvgIpc) is 2.97. The molecule has 7 nitrogen and oxygen atoms in total. The van der Waals surface area contributed by atoms with E-state index in [2.05, 4.69) is 0 Å². The first-order valence-electron chi connectivity index (χ1n) is 11.0. The van der Waals surface area contributed by atoms with E-state index in [1.54, 1.807) is 28.0 Å². The van der Waals surface area contributed by atoms with E-state index in [-0.39, 0.29) is 29.7 Å². The summed E-state index contributed by atoms with van der Waals surface area (Å²) in [6.45, 7) is 3.49. The summed E-state index contributed by atoms with van der Waals surface area (Å²) in [4.78, 5) is 55.4. The highest BCUT2D eigenvalue weighted by Gasteiger charge is 2.40. The van der Waals surface area contributed by atoms with E-state index in [0.29, 0.717) is 42.9 Å². The standard InChI is InChI=1S/C23H29N3O4/c1-16(27)24-11-13-25(14-12-24)21(28)17-9-10-19-20(15-17)23(30)26(22(19)29)18-7-5-3-2-4-6-8-18/h9-10,15,18H,2-8,11-14H2,1H3. The summed E-state index contributed by atoms with van der Waals surface area (Å²) in [6.07, 6.45) is 7.31. The summed E-state index contributed by atoms with van der Waals surface area (Å²) in [5, 5.41) is 0. The summed E-state index contributed by atoms with van der Waals surface area (Å²) in [5.74, 6) is -0.644. The number of hydrogen-bond donors (Lipinski definition) is 0. The van der Waals surface area contributed by atoms with E-state index >= 15 is 0 Å². The second kappa shape index (κ2) is 8.58. The number of carbonyl (C=O) groups is 4. The third-order valence-corrected chi connectivity index (χ3v) is 6.62. The molecule has 0 unspecified atom stereocenters. The second-order valence-corrected chi connectivity index (χ2v) is 8.54. The van der Waals surface area contributed by atoms with Gasteiger partial charge in [-0.3, -0.25) is 24.1 Å². The first kappa shape index (κ1) is 20.6. The lowest BCUT2D eigenvalue weighted by Gasteiger charge is -2.34. The normalized spacial score (nSPS) is 20.8. The molecule has 0 spiro atoms. The van der Waals surface area contributed by atoms with Gasteiger partial charge in [-0.05, 0) is 31.0 Å². The van der Waals surface area contributed by atoms with Crippen LogP contribution in [0, 0.1) is 0 Å². The van der Waals surface area contributed by atoms with Crippen LogP contribution in [-0.4, -0.2) is 70.5 Å². The molecule has 160 valence electrons. The molecule has 4 rings (SSSR count). The molecule has 0 bridgehead atoms. The van der Waals surface area contributed by atoms with Crippen LogP contribution in [0.2, 0.25) is 0 Å². The third kappa shape index (κ3) is 3.85. The molecule has 1 aliphatic carbocycles. The van der Waals surface area contributed by atoms with E-state index in [1.807, 2.05) is 0 Å². The maximum absolute atomic E-state index is 13.1. The monoisotopic (exact) mass is 411 g/mol. The molecule has 1 aromatic carbocycles. The fraction of sp³-hybridized carbons (Fsp3) is 0.565. The molecule has 0 N–H and O–H groups in total. The van der Waals surface area contributed by atoms with E-state index in [1.165, 1.54) is 18.2 Å². The van der Waals surface area contributed by atoms with Crippen molar-refractivity contribution >= 4 is 23.6 Å². The third-order valence-electron chi connectivity index (χ3n) is 6.62. The Labute approximate surface area is 177 Å². The molecule has 4 amide bonds. The van der Waals surface area contributed by atoms with Gasteiger partial charge >= 0.3 is 0 Å². The smallest absolute Gasteiger partial charge is 0.261 e. The Morgan fingerprint density at radius 2 is 1.37 bits per heavy atom. The summed E-state index contributed by atoms with van der Waals surface area (Å²) in [5.41, 5.74) is 1.17. The summed E-state index contributed by atoms with van der Waals surface area (Å²) in [6, 6.07) is 4.80. The molecule has 1 aromatic rings. The fourth-order valence-electron chi connectivity index (χ4n) is 4.82. The van der Waals surface area contributed by atoms with Crippen molar-refractivity contribution in [2.24, 2.45) is 0 Å². The Balaban J connectivity index is 1.50. The van der Waals surface area contributed by atoms with Crippen LogP contribution >= 0.6 is 0 Å². The summed E-state index contributed by atoms with van der Waals surface area (Å²) < 4.78 is 0. The number of piperazine rings is 1. The molecule has 0 aromatic heterocycles. The van der Waals surface area contributed by atoms with Crippen molar-refractivity contribution in [3.05, 3.63) is 34.9 Å². The predicted octanol–water partition coefficient (Wildman–Crippen LogP) is 2.70. The molecular weight excluding hydrogens is 382 g/mol. The van der Waals surface area contributed by atoms with E-state index < -0.39 is 0 Å². The quantitative estimate of drug-likeness (QED) is 0.701. The lowest BCUT2D eigenvalue weighted by molar-refractivity contribution is -0.130. The van der Waals surface area contributed by atoms with Crippen molar-refractivity contribution < 1.29 is 19.2 Å². The molecule has 2 aliphatic heterocycles. The van der Waals surface area contributed by atoms with Crippen LogP contribution in [0.15, 0.2) is 18.2 Å². The zero-order valence-corrected chi connectivity index (χ0v) is 17.6. The minimum Gasteiger partial charge on any atom is -0.339 e. The molecule has 1 saturated carbocycles. The van der Waals surface area contributed by atoms with Crippen LogP contribution in [0.1, 0.15) is 82.9 Å². The number of benzene rings is 1. The van der Waals surface area contributed by atoms with Gasteiger partial charge in [-0.1, -0.05) is 32.1 Å². The van der Waals surface area contributed by atoms with Crippen LogP contribution in [0.3, 0.4) is 0 Å². The van der Waals surface area contributed by atoms with Gasteiger partial charge in [0.05, 0.1) is 11.1 Å². The summed E-state index contributed by atoms with van der Waals surface area (Å²) in [7, 11) is 0. The van der Waals surface area contributed by atoms with E-state index in [0.717, 1.165) is 38.5 Å². The average molecular weight is 412 g/mol. The molecule has 30 heavy (non-hydrogen) atoms. The van der Waals surface area contributed by atoms with Gasteiger partial charge < -0.3 is 9.80 Å². The van der Waals surface area contributed by atoms with Crippen molar-refractivity contribution in [2.75, 3.05) is 26.2 Å². The van der Waals surface area contributed by atoms with Gasteiger partial charge in [0.2, 0.25) is 5.91 Å². The number of fused-ring (bicyclic) bond motifs is 1. The molecule has 0 radical (unpaired) electrons. The largest absolute Gasteiger partial charge is 0.339 e. The van der Waals surface area contributed by atoms with Crippen molar-refractivity contribution in [3.63, 3.8) is 0 Å². The van der Waals surface area contributed by atoms with Gasteiger partial charge in [0, 0.05) is 44.7 Å². The van der Waals surface area contributed by atoms with Crippen LogP contribution in [0.25, 0.3) is 0 Å². The lowest BCUT2D eigenvalue weighted by Crippen LogP contribution is -2.50. The lowest BCUT2D eigenvalue weighted by atomic mass is 9.95. The highest BCUT2D eigenvalue weighted by molar-refractivity contribution is 6.22. The Kier molecular flexibility index (Phi) is 5.88. The molecule has 3 aliphatic rings.